The summed E-state index contributed by atoms with van der Waals surface area (Å²) in [5.41, 5.74) is 5.10. The molecule has 3 aromatic rings. The van der Waals surface area contributed by atoms with Gasteiger partial charge in [0, 0.05) is 23.0 Å². The number of amides is 2. The topological polar surface area (TPSA) is 235 Å². The number of pyridine rings is 1. The molecular weight excluding hydrogens is 701 g/mol. The zero-order valence-electron chi connectivity index (χ0n) is 24.1. The zero-order chi connectivity index (χ0) is 33.3. The molecule has 5 heterocycles. The minimum Gasteiger partial charge on any atom is -0.503 e. The summed E-state index contributed by atoms with van der Waals surface area (Å²) in [6.45, 7) is 3.44. The van der Waals surface area contributed by atoms with E-state index in [1.807, 2.05) is 6.26 Å². The van der Waals surface area contributed by atoms with Crippen molar-refractivity contribution in [3.05, 3.63) is 50.5 Å². The molecule has 21 heteroatoms. The minimum atomic E-state index is -1.26. The van der Waals surface area contributed by atoms with Gasteiger partial charge in [0.1, 0.15) is 28.5 Å². The van der Waals surface area contributed by atoms with Crippen molar-refractivity contribution < 1.29 is 34.6 Å². The van der Waals surface area contributed by atoms with Crippen LogP contribution >= 0.6 is 58.0 Å². The smallest absolute Gasteiger partial charge is 0.352 e. The molecule has 0 bridgehead atoms. The number of aromatic hydroxyl groups is 1. The number of nitrogens with zero attached hydrogens (tertiary/aromatic N) is 6. The standard InChI is InChI=1S/C25H26N8O8S5/c1-9(2)18(12-4-13(34)14(35)5-32(12)40)41-31-15(11-8-44-23(26)27-11)19(36)28-16-20(37)33-17(22(38)39)10(6-43-21(16)33)7-45-25-30-29-24(42-3)46-25/h4-5,8-9,16,18,21,35,40H,6-7H2,1-3H3,(H2,26,27)(H,28,36)(H,38,39)/b31-15-/t16-,18?,21-/m1/s1. The van der Waals surface area contributed by atoms with Gasteiger partial charge in [-0.05, 0) is 17.7 Å². The van der Waals surface area contributed by atoms with E-state index in [-0.39, 0.29) is 33.8 Å². The number of carboxylic acids is 1. The number of β-lactam (4-membered cyclic amide) rings is 1. The van der Waals surface area contributed by atoms with Gasteiger partial charge in [-0.25, -0.2) is 9.78 Å². The number of carbonyl (C=O) groups excluding carboxylic acids is 2. The molecule has 0 saturated carbocycles. The largest absolute Gasteiger partial charge is 0.503 e. The molecule has 3 atom stereocenters. The summed E-state index contributed by atoms with van der Waals surface area (Å²) in [5, 5.41) is 45.6. The Morgan fingerprint density at radius 1 is 1.28 bits per heavy atom. The van der Waals surface area contributed by atoms with Crippen LogP contribution in [0.15, 0.2) is 47.5 Å². The Labute approximate surface area is 281 Å². The first kappa shape index (κ1) is 33.6. The molecule has 1 saturated heterocycles. The zero-order valence-corrected chi connectivity index (χ0v) is 28.2. The summed E-state index contributed by atoms with van der Waals surface area (Å²) in [4.78, 5) is 62.1. The van der Waals surface area contributed by atoms with Crippen LogP contribution in [0.3, 0.4) is 0 Å². The maximum atomic E-state index is 13.6. The fourth-order valence-electron chi connectivity index (χ4n) is 4.46. The first-order valence-corrected chi connectivity index (χ1v) is 18.2. The monoisotopic (exact) mass is 726 g/mol. The van der Waals surface area contributed by atoms with E-state index in [1.54, 1.807) is 13.8 Å². The Balaban J connectivity index is 1.36. The van der Waals surface area contributed by atoms with Gasteiger partial charge in [0.05, 0.1) is 6.20 Å². The number of oxime groups is 1. The van der Waals surface area contributed by atoms with Crippen LogP contribution in [-0.4, -0.2) is 92.9 Å². The maximum absolute atomic E-state index is 13.6. The van der Waals surface area contributed by atoms with Gasteiger partial charge in [0.25, 0.3) is 11.8 Å². The molecule has 0 aromatic carbocycles. The second-order valence-corrected chi connectivity index (χ2v) is 15.3. The lowest BCUT2D eigenvalue weighted by Gasteiger charge is -2.49. The SMILES string of the molecule is CSc1nnc(SCC2=C(C(=O)O)N3C(=O)[C@@H](NC(=O)/C(=N\OC(c4cc(=O)c(O)cn4O)C(C)C)c4csc(N)n4)[C@H]3SC2)s1. The molecule has 0 radical (unpaired) electrons. The summed E-state index contributed by atoms with van der Waals surface area (Å²) in [6, 6.07) is -0.0941. The van der Waals surface area contributed by atoms with Crippen molar-refractivity contribution in [2.45, 2.75) is 40.0 Å². The van der Waals surface area contributed by atoms with Gasteiger partial charge in [0.15, 0.2) is 31.4 Å². The molecule has 244 valence electrons. The Hall–Kier alpha value is -3.79. The number of fused-ring (bicyclic) bond motifs is 1. The molecule has 5 rings (SSSR count). The van der Waals surface area contributed by atoms with Crippen LogP contribution in [0, 0.1) is 5.92 Å². The lowest BCUT2D eigenvalue weighted by molar-refractivity contribution is -0.150. The molecule has 2 amide bonds. The van der Waals surface area contributed by atoms with Crippen LogP contribution in [0.5, 0.6) is 5.75 Å². The lowest BCUT2D eigenvalue weighted by atomic mass is 10.0. The van der Waals surface area contributed by atoms with Crippen molar-refractivity contribution in [3.8, 4) is 5.75 Å². The van der Waals surface area contributed by atoms with Crippen molar-refractivity contribution in [2.75, 3.05) is 23.5 Å². The van der Waals surface area contributed by atoms with Gasteiger partial charge in [0.2, 0.25) is 5.43 Å². The van der Waals surface area contributed by atoms with E-state index in [0.717, 1.165) is 27.9 Å². The van der Waals surface area contributed by atoms with E-state index in [4.69, 9.17) is 10.6 Å². The third kappa shape index (κ3) is 6.82. The molecule has 6 N–H and O–H groups in total. The van der Waals surface area contributed by atoms with Gasteiger partial charge in [-0.2, -0.15) is 4.73 Å². The first-order valence-electron chi connectivity index (χ1n) is 13.2. The molecule has 1 fully saturated rings. The van der Waals surface area contributed by atoms with Crippen LogP contribution in [0.2, 0.25) is 0 Å². The second-order valence-electron chi connectivity index (χ2n) is 10.0. The highest BCUT2D eigenvalue weighted by molar-refractivity contribution is 8.03. The van der Waals surface area contributed by atoms with Crippen molar-refractivity contribution >= 4 is 86.6 Å². The van der Waals surface area contributed by atoms with Crippen molar-refractivity contribution in [2.24, 2.45) is 11.1 Å². The first-order chi connectivity index (χ1) is 21.9. The number of carboxylic acid groups (broad SMARTS) is 1. The Kier molecular flexibility index (Phi) is 10.2. The van der Waals surface area contributed by atoms with Crippen LogP contribution in [-0.2, 0) is 19.2 Å². The number of hydrogen-bond acceptors (Lipinski definition) is 17. The van der Waals surface area contributed by atoms with E-state index < -0.39 is 46.5 Å². The fourth-order valence-corrected chi connectivity index (χ4v) is 8.93. The number of nitrogens with two attached hydrogens (primary N) is 1. The molecule has 0 aliphatic carbocycles. The van der Waals surface area contributed by atoms with Crippen LogP contribution in [0.4, 0.5) is 5.13 Å². The highest BCUT2D eigenvalue weighted by Gasteiger charge is 2.54. The summed E-state index contributed by atoms with van der Waals surface area (Å²) >= 11 is 6.53. The fraction of sp³-hybridized carbons (Fsp3) is 0.360. The number of anilines is 1. The highest BCUT2D eigenvalue weighted by Crippen LogP contribution is 2.42. The highest BCUT2D eigenvalue weighted by atomic mass is 32.2. The number of aliphatic carboxylic acids is 1. The number of nitrogen functional groups attached to an aromatic ring is 1. The predicted octanol–water partition coefficient (Wildman–Crippen LogP) is 2.05. The predicted molar refractivity (Wildman–Crippen MR) is 173 cm³/mol. The number of nitrogens with one attached hydrogen (secondary N) is 1. The van der Waals surface area contributed by atoms with E-state index in [0.29, 0.717) is 26.1 Å². The summed E-state index contributed by atoms with van der Waals surface area (Å²) < 4.78 is 1.99. The quantitative estimate of drug-likeness (QED) is 0.0591. The number of hydrogen-bond donors (Lipinski definition) is 5. The van der Waals surface area contributed by atoms with E-state index in [9.17, 15) is 34.6 Å². The third-order valence-electron chi connectivity index (χ3n) is 6.64. The Morgan fingerprint density at radius 3 is 2.65 bits per heavy atom. The molecule has 16 nitrogen and oxygen atoms in total. The van der Waals surface area contributed by atoms with E-state index >= 15 is 0 Å². The van der Waals surface area contributed by atoms with Crippen molar-refractivity contribution in [1.29, 1.82) is 0 Å². The molecule has 1 unspecified atom stereocenters. The second kappa shape index (κ2) is 13.9. The van der Waals surface area contributed by atoms with Gasteiger partial charge in [-0.15, -0.1) is 33.3 Å². The maximum Gasteiger partial charge on any atom is 0.352 e. The molecule has 46 heavy (non-hydrogen) atoms. The molecular formula is C25H26N8O8S5. The van der Waals surface area contributed by atoms with Crippen LogP contribution in [0.1, 0.15) is 31.3 Å². The summed E-state index contributed by atoms with van der Waals surface area (Å²) in [6.07, 6.45) is 1.64. The number of rotatable bonds is 12. The average Bonchev–Trinajstić information content (AvgIpc) is 3.66. The number of thiazole rings is 1. The van der Waals surface area contributed by atoms with Crippen LogP contribution < -0.4 is 16.5 Å². The molecule has 2 aliphatic heterocycles. The van der Waals surface area contributed by atoms with Gasteiger partial charge < -0.3 is 31.3 Å². The Bertz CT molecular complexity index is 1800. The Morgan fingerprint density at radius 2 is 2.02 bits per heavy atom. The number of aromatic nitrogens is 4. The third-order valence-corrected chi connectivity index (χ3v) is 11.8. The van der Waals surface area contributed by atoms with Crippen molar-refractivity contribution in [3.63, 3.8) is 0 Å². The number of carbonyl (C=O) groups is 3. The number of thioether (sulfide) groups is 3. The van der Waals surface area contributed by atoms with E-state index in [1.165, 1.54) is 56.9 Å². The van der Waals surface area contributed by atoms with E-state index in [2.05, 4.69) is 25.7 Å². The minimum absolute atomic E-state index is 0.0414. The summed E-state index contributed by atoms with van der Waals surface area (Å²) in [7, 11) is 0. The summed E-state index contributed by atoms with van der Waals surface area (Å²) in [5.74, 6) is -3.18. The van der Waals surface area contributed by atoms with Gasteiger partial charge in [-0.1, -0.05) is 53.9 Å². The van der Waals surface area contributed by atoms with Crippen LogP contribution in [0.25, 0.3) is 0 Å². The lowest BCUT2D eigenvalue weighted by Crippen LogP contribution is -2.71. The van der Waals surface area contributed by atoms with Gasteiger partial charge in [-0.3, -0.25) is 19.3 Å². The van der Waals surface area contributed by atoms with Gasteiger partial charge >= 0.3 is 5.97 Å². The molecule has 0 spiro atoms. The molecule has 3 aromatic heterocycles. The molecule has 2 aliphatic rings. The normalized spacial score (nSPS) is 18.7. The average molecular weight is 727 g/mol. The van der Waals surface area contributed by atoms with Crippen molar-refractivity contribution in [1.82, 2.24) is 30.1 Å².